The average molecular weight is 309 g/mol. The summed E-state index contributed by atoms with van der Waals surface area (Å²) in [5.41, 5.74) is 2.29. The van der Waals surface area contributed by atoms with Gasteiger partial charge in [0.15, 0.2) is 0 Å². The van der Waals surface area contributed by atoms with Crippen LogP contribution < -0.4 is 9.03 Å². The lowest BCUT2D eigenvalue weighted by Gasteiger charge is -2.20. The molecule has 4 nitrogen and oxygen atoms in total. The van der Waals surface area contributed by atoms with Gasteiger partial charge in [-0.05, 0) is 42.3 Å². The van der Waals surface area contributed by atoms with Gasteiger partial charge in [0.2, 0.25) is 0 Å². The summed E-state index contributed by atoms with van der Waals surface area (Å²) in [6, 6.07) is 14.1. The SMILES string of the molecule is O=S(=O)(Nc1ccc(Cl)cc1)N1CCc2ccccc21. The first-order valence-electron chi connectivity index (χ1n) is 6.20. The van der Waals surface area contributed by atoms with E-state index in [1.807, 2.05) is 24.3 Å². The van der Waals surface area contributed by atoms with E-state index in [1.54, 1.807) is 24.3 Å². The van der Waals surface area contributed by atoms with Gasteiger partial charge in [-0.2, -0.15) is 8.42 Å². The van der Waals surface area contributed by atoms with Crippen molar-refractivity contribution in [2.45, 2.75) is 6.42 Å². The summed E-state index contributed by atoms with van der Waals surface area (Å²) in [5, 5.41) is 0.569. The number of hydrogen-bond acceptors (Lipinski definition) is 2. The Morgan fingerprint density at radius 1 is 1.05 bits per heavy atom. The molecule has 0 amide bonds. The lowest BCUT2D eigenvalue weighted by atomic mass is 10.2. The molecule has 104 valence electrons. The molecule has 1 N–H and O–H groups in total. The monoisotopic (exact) mass is 308 g/mol. The van der Waals surface area contributed by atoms with Crippen molar-refractivity contribution in [3.05, 3.63) is 59.1 Å². The quantitative estimate of drug-likeness (QED) is 0.947. The second-order valence-corrected chi connectivity index (χ2v) is 6.60. The molecule has 0 bridgehead atoms. The van der Waals surface area contributed by atoms with Crippen molar-refractivity contribution < 1.29 is 8.42 Å². The number of nitrogens with zero attached hydrogens (tertiary/aromatic N) is 1. The van der Waals surface area contributed by atoms with Crippen molar-refractivity contribution >= 4 is 33.2 Å². The molecule has 0 atom stereocenters. The van der Waals surface area contributed by atoms with Crippen LogP contribution in [-0.2, 0) is 16.6 Å². The Balaban J connectivity index is 1.88. The molecule has 0 spiro atoms. The fourth-order valence-corrected chi connectivity index (χ4v) is 3.72. The Bertz CT molecular complexity index is 729. The van der Waals surface area contributed by atoms with Crippen LogP contribution in [0.15, 0.2) is 48.5 Å². The molecule has 3 rings (SSSR count). The van der Waals surface area contributed by atoms with Crippen LogP contribution in [0.3, 0.4) is 0 Å². The van der Waals surface area contributed by atoms with E-state index in [0.717, 1.165) is 17.7 Å². The van der Waals surface area contributed by atoms with Crippen LogP contribution in [0, 0.1) is 0 Å². The summed E-state index contributed by atoms with van der Waals surface area (Å²) in [6.45, 7) is 0.461. The summed E-state index contributed by atoms with van der Waals surface area (Å²) in [5.74, 6) is 0. The second kappa shape index (κ2) is 5.00. The van der Waals surface area contributed by atoms with Gasteiger partial charge in [-0.15, -0.1) is 0 Å². The zero-order chi connectivity index (χ0) is 14.2. The molecule has 20 heavy (non-hydrogen) atoms. The van der Waals surface area contributed by atoms with Crippen LogP contribution in [0.2, 0.25) is 5.02 Å². The van der Waals surface area contributed by atoms with Crippen LogP contribution in [0.5, 0.6) is 0 Å². The van der Waals surface area contributed by atoms with Crippen LogP contribution in [-0.4, -0.2) is 15.0 Å². The van der Waals surface area contributed by atoms with Gasteiger partial charge in [0, 0.05) is 11.6 Å². The van der Waals surface area contributed by atoms with Crippen LogP contribution in [0.25, 0.3) is 0 Å². The molecule has 0 aliphatic carbocycles. The van der Waals surface area contributed by atoms with Gasteiger partial charge >= 0.3 is 10.2 Å². The van der Waals surface area contributed by atoms with Crippen molar-refractivity contribution in [2.24, 2.45) is 0 Å². The van der Waals surface area contributed by atoms with Gasteiger partial charge < -0.3 is 0 Å². The highest BCUT2D eigenvalue weighted by atomic mass is 35.5. The second-order valence-electron chi connectivity index (χ2n) is 4.56. The highest BCUT2D eigenvalue weighted by molar-refractivity contribution is 7.94. The highest BCUT2D eigenvalue weighted by Crippen LogP contribution is 2.30. The van der Waals surface area contributed by atoms with Crippen molar-refractivity contribution in [1.29, 1.82) is 0 Å². The molecule has 0 unspecified atom stereocenters. The van der Waals surface area contributed by atoms with Gasteiger partial charge in [-0.25, -0.2) is 0 Å². The number of halogens is 1. The van der Waals surface area contributed by atoms with Gasteiger partial charge in [0.25, 0.3) is 0 Å². The summed E-state index contributed by atoms with van der Waals surface area (Å²) < 4.78 is 28.8. The van der Waals surface area contributed by atoms with Crippen LogP contribution >= 0.6 is 11.6 Å². The van der Waals surface area contributed by atoms with E-state index in [-0.39, 0.29) is 0 Å². The molecular formula is C14H13ClN2O2S. The molecular weight excluding hydrogens is 296 g/mol. The largest absolute Gasteiger partial charge is 0.323 e. The minimum atomic E-state index is -3.60. The molecule has 0 saturated heterocycles. The highest BCUT2D eigenvalue weighted by Gasteiger charge is 2.28. The standard InChI is InChI=1S/C14H13ClN2O2S/c15-12-5-7-13(8-6-12)16-20(18,19)17-10-9-11-3-1-2-4-14(11)17/h1-8,16H,9-10H2. The van der Waals surface area contributed by atoms with E-state index in [4.69, 9.17) is 11.6 Å². The Morgan fingerprint density at radius 2 is 1.75 bits per heavy atom. The predicted molar refractivity (Wildman–Crippen MR) is 81.5 cm³/mol. The Kier molecular flexibility index (Phi) is 3.31. The van der Waals surface area contributed by atoms with E-state index in [9.17, 15) is 8.42 Å². The first-order valence-corrected chi connectivity index (χ1v) is 8.02. The molecule has 6 heteroatoms. The van der Waals surface area contributed by atoms with Gasteiger partial charge in [-0.1, -0.05) is 29.8 Å². The maximum absolute atomic E-state index is 12.4. The number of nitrogens with one attached hydrogen (secondary N) is 1. The third-order valence-corrected chi connectivity index (χ3v) is 4.93. The van der Waals surface area contributed by atoms with E-state index in [2.05, 4.69) is 4.72 Å². The molecule has 0 aromatic heterocycles. The van der Waals surface area contributed by atoms with E-state index < -0.39 is 10.2 Å². The topological polar surface area (TPSA) is 49.4 Å². The van der Waals surface area contributed by atoms with Crippen LogP contribution in [0.1, 0.15) is 5.56 Å². The fourth-order valence-electron chi connectivity index (χ4n) is 2.28. The summed E-state index contributed by atoms with van der Waals surface area (Å²) in [7, 11) is -3.60. The van der Waals surface area contributed by atoms with Crippen LogP contribution in [0.4, 0.5) is 11.4 Å². The smallest absolute Gasteiger partial charge is 0.267 e. The predicted octanol–water partition coefficient (Wildman–Crippen LogP) is 3.06. The maximum Gasteiger partial charge on any atom is 0.323 e. The van der Waals surface area contributed by atoms with E-state index in [1.165, 1.54) is 4.31 Å². The van der Waals surface area contributed by atoms with E-state index >= 15 is 0 Å². The van der Waals surface area contributed by atoms with Crippen molar-refractivity contribution in [3.8, 4) is 0 Å². The first kappa shape index (κ1) is 13.3. The summed E-state index contributed by atoms with van der Waals surface area (Å²) >= 11 is 5.79. The molecule has 1 aliphatic heterocycles. The summed E-state index contributed by atoms with van der Waals surface area (Å²) in [6.07, 6.45) is 0.734. The maximum atomic E-state index is 12.4. The number of rotatable bonds is 3. The number of anilines is 2. The first-order chi connectivity index (χ1) is 9.56. The van der Waals surface area contributed by atoms with Crippen molar-refractivity contribution in [2.75, 3.05) is 15.6 Å². The number of benzene rings is 2. The normalized spacial score (nSPS) is 14.2. The van der Waals surface area contributed by atoms with Gasteiger partial charge in [-0.3, -0.25) is 9.03 Å². The molecule has 1 aliphatic rings. The molecule has 2 aromatic rings. The Morgan fingerprint density at radius 3 is 2.50 bits per heavy atom. The fraction of sp³-hybridized carbons (Fsp3) is 0.143. The minimum absolute atomic E-state index is 0.461. The Hall–Kier alpha value is -1.72. The molecule has 1 heterocycles. The molecule has 0 radical (unpaired) electrons. The molecule has 2 aromatic carbocycles. The van der Waals surface area contributed by atoms with Crippen molar-refractivity contribution in [3.63, 3.8) is 0 Å². The Labute approximate surface area is 123 Å². The zero-order valence-corrected chi connectivity index (χ0v) is 12.2. The number of fused-ring (bicyclic) bond motifs is 1. The lowest BCUT2D eigenvalue weighted by Crippen LogP contribution is -2.34. The van der Waals surface area contributed by atoms with Gasteiger partial charge in [0.05, 0.1) is 11.4 Å². The average Bonchev–Trinajstić information content (AvgIpc) is 2.86. The number of para-hydroxylation sites is 1. The third-order valence-electron chi connectivity index (χ3n) is 3.23. The van der Waals surface area contributed by atoms with Gasteiger partial charge in [0.1, 0.15) is 0 Å². The minimum Gasteiger partial charge on any atom is -0.267 e. The zero-order valence-electron chi connectivity index (χ0n) is 10.6. The molecule has 0 saturated carbocycles. The van der Waals surface area contributed by atoms with E-state index in [0.29, 0.717) is 17.3 Å². The van der Waals surface area contributed by atoms with Crippen molar-refractivity contribution in [1.82, 2.24) is 0 Å². The summed E-state index contributed by atoms with van der Waals surface area (Å²) in [4.78, 5) is 0. The third kappa shape index (κ3) is 2.46. The number of hydrogen-bond donors (Lipinski definition) is 1. The molecule has 0 fully saturated rings. The lowest BCUT2D eigenvalue weighted by molar-refractivity contribution is 0.597.